The van der Waals surface area contributed by atoms with Crippen molar-refractivity contribution in [3.63, 3.8) is 0 Å². The fourth-order valence-corrected chi connectivity index (χ4v) is 2.78. The van der Waals surface area contributed by atoms with Crippen molar-refractivity contribution in [3.8, 4) is 5.75 Å². The lowest BCUT2D eigenvalue weighted by atomic mass is 10.0. The van der Waals surface area contributed by atoms with Gasteiger partial charge in [-0.2, -0.15) is 0 Å². The van der Waals surface area contributed by atoms with E-state index in [-0.39, 0.29) is 18.4 Å². The summed E-state index contributed by atoms with van der Waals surface area (Å²) in [6, 6.07) is 7.62. The summed E-state index contributed by atoms with van der Waals surface area (Å²) in [5, 5.41) is 0. The zero-order valence-electron chi connectivity index (χ0n) is 13.1. The molecule has 5 heteroatoms. The zero-order chi connectivity index (χ0) is 15.8. The number of carbonyl (C=O) groups is 2. The highest BCUT2D eigenvalue weighted by Crippen LogP contribution is 2.27. The van der Waals surface area contributed by atoms with Crippen molar-refractivity contribution in [2.24, 2.45) is 5.92 Å². The number of ether oxygens (including phenoxy) is 1. The highest BCUT2D eigenvalue weighted by atomic mass is 16.5. The number of rotatable bonds is 6. The summed E-state index contributed by atoms with van der Waals surface area (Å²) in [7, 11) is 0. The second-order valence-corrected chi connectivity index (χ2v) is 5.70. The molecule has 0 unspecified atom stereocenters. The molecule has 0 atom stereocenters. The summed E-state index contributed by atoms with van der Waals surface area (Å²) >= 11 is 0. The average Bonchev–Trinajstić information content (AvgIpc) is 3.04. The van der Waals surface area contributed by atoms with Gasteiger partial charge in [0.1, 0.15) is 5.75 Å². The van der Waals surface area contributed by atoms with Crippen LogP contribution >= 0.6 is 0 Å². The van der Waals surface area contributed by atoms with Gasteiger partial charge in [-0.1, -0.05) is 38.0 Å². The van der Waals surface area contributed by atoms with Crippen LogP contribution in [0.1, 0.15) is 44.6 Å². The summed E-state index contributed by atoms with van der Waals surface area (Å²) in [6.07, 6.45) is 5.95. The molecule has 1 saturated carbocycles. The van der Waals surface area contributed by atoms with Gasteiger partial charge in [-0.25, -0.2) is 0 Å². The fraction of sp³-hybridized carbons (Fsp3) is 0.529. The molecule has 2 amide bonds. The molecule has 0 bridgehead atoms. The summed E-state index contributed by atoms with van der Waals surface area (Å²) in [6.45, 7) is 1.92. The Morgan fingerprint density at radius 2 is 1.82 bits per heavy atom. The third kappa shape index (κ3) is 5.06. The molecule has 2 N–H and O–H groups in total. The van der Waals surface area contributed by atoms with Gasteiger partial charge < -0.3 is 4.74 Å². The van der Waals surface area contributed by atoms with Gasteiger partial charge in [0.05, 0.1) is 0 Å². The molecular formula is C17H24N2O3. The van der Waals surface area contributed by atoms with Gasteiger partial charge in [0.25, 0.3) is 5.91 Å². The van der Waals surface area contributed by atoms with E-state index in [1.165, 1.54) is 12.8 Å². The first-order valence-corrected chi connectivity index (χ1v) is 7.97. The van der Waals surface area contributed by atoms with E-state index in [2.05, 4.69) is 10.9 Å². The Labute approximate surface area is 131 Å². The first-order chi connectivity index (χ1) is 10.7. The van der Waals surface area contributed by atoms with Crippen molar-refractivity contribution >= 4 is 11.8 Å². The first-order valence-electron chi connectivity index (χ1n) is 7.97. The molecule has 0 radical (unpaired) electrons. The van der Waals surface area contributed by atoms with E-state index in [1.54, 1.807) is 0 Å². The molecule has 1 aliphatic carbocycles. The van der Waals surface area contributed by atoms with Gasteiger partial charge in [0, 0.05) is 6.42 Å². The number of hydrazine groups is 1. The third-order valence-electron chi connectivity index (χ3n) is 4.00. The molecule has 0 aromatic heterocycles. The molecule has 5 nitrogen and oxygen atoms in total. The predicted molar refractivity (Wildman–Crippen MR) is 84.2 cm³/mol. The quantitative estimate of drug-likeness (QED) is 0.793. The van der Waals surface area contributed by atoms with Crippen LogP contribution in [0.5, 0.6) is 5.75 Å². The molecule has 22 heavy (non-hydrogen) atoms. The SMILES string of the molecule is CCc1ccccc1OCC(=O)NNC(=O)CC1CCCC1. The second kappa shape index (κ2) is 8.41. The summed E-state index contributed by atoms with van der Waals surface area (Å²) in [5.74, 6) is 0.682. The van der Waals surface area contributed by atoms with Gasteiger partial charge in [-0.05, 0) is 36.8 Å². The van der Waals surface area contributed by atoms with Crippen molar-refractivity contribution in [1.29, 1.82) is 0 Å². The van der Waals surface area contributed by atoms with E-state index >= 15 is 0 Å². The van der Waals surface area contributed by atoms with Crippen molar-refractivity contribution in [1.82, 2.24) is 10.9 Å². The number of carbonyl (C=O) groups excluding carboxylic acids is 2. The molecule has 2 rings (SSSR count). The minimum absolute atomic E-state index is 0.110. The largest absolute Gasteiger partial charge is 0.483 e. The first kappa shape index (κ1) is 16.3. The Balaban J connectivity index is 1.68. The molecule has 1 fully saturated rings. The number of amides is 2. The Kier molecular flexibility index (Phi) is 6.25. The number of benzene rings is 1. The molecule has 0 aliphatic heterocycles. The molecule has 1 aromatic carbocycles. The van der Waals surface area contributed by atoms with E-state index in [0.29, 0.717) is 18.1 Å². The van der Waals surface area contributed by atoms with Gasteiger partial charge >= 0.3 is 0 Å². The summed E-state index contributed by atoms with van der Waals surface area (Å²) < 4.78 is 5.49. The number of hydrogen-bond donors (Lipinski definition) is 2. The summed E-state index contributed by atoms with van der Waals surface area (Å²) in [4.78, 5) is 23.4. The van der Waals surface area contributed by atoms with Crippen LogP contribution in [0.2, 0.25) is 0 Å². The molecular weight excluding hydrogens is 280 g/mol. The van der Waals surface area contributed by atoms with Crippen LogP contribution in [0, 0.1) is 5.92 Å². The number of aryl methyl sites for hydroxylation is 1. The molecule has 0 spiro atoms. The Bertz CT molecular complexity index is 510. The fourth-order valence-electron chi connectivity index (χ4n) is 2.78. The van der Waals surface area contributed by atoms with Gasteiger partial charge in [0.2, 0.25) is 5.91 Å². The standard InChI is InChI=1S/C17H24N2O3/c1-2-14-9-5-6-10-15(14)22-12-17(21)19-18-16(20)11-13-7-3-4-8-13/h5-6,9-10,13H,2-4,7-8,11-12H2,1H3,(H,18,20)(H,19,21). The Hall–Kier alpha value is -2.04. The minimum Gasteiger partial charge on any atom is -0.483 e. The molecule has 1 aromatic rings. The maximum atomic E-state index is 11.7. The molecule has 1 aliphatic rings. The monoisotopic (exact) mass is 304 g/mol. The normalized spacial score (nSPS) is 14.6. The maximum absolute atomic E-state index is 11.7. The molecule has 0 saturated heterocycles. The third-order valence-corrected chi connectivity index (χ3v) is 4.00. The van der Waals surface area contributed by atoms with Crippen molar-refractivity contribution < 1.29 is 14.3 Å². The average molecular weight is 304 g/mol. The topological polar surface area (TPSA) is 67.4 Å². The maximum Gasteiger partial charge on any atom is 0.276 e. The number of hydrogen-bond acceptors (Lipinski definition) is 3. The van der Waals surface area contributed by atoms with E-state index in [9.17, 15) is 9.59 Å². The lowest BCUT2D eigenvalue weighted by Gasteiger charge is -2.12. The van der Waals surface area contributed by atoms with E-state index in [1.807, 2.05) is 31.2 Å². The van der Waals surface area contributed by atoms with Crippen molar-refractivity contribution in [2.45, 2.75) is 45.4 Å². The smallest absolute Gasteiger partial charge is 0.276 e. The second-order valence-electron chi connectivity index (χ2n) is 5.70. The van der Waals surface area contributed by atoms with Gasteiger partial charge in [-0.15, -0.1) is 0 Å². The van der Waals surface area contributed by atoms with E-state index in [0.717, 1.165) is 24.8 Å². The van der Waals surface area contributed by atoms with Gasteiger partial charge in [0.15, 0.2) is 6.61 Å². The van der Waals surface area contributed by atoms with Crippen LogP contribution < -0.4 is 15.6 Å². The van der Waals surface area contributed by atoms with E-state index in [4.69, 9.17) is 4.74 Å². The Morgan fingerprint density at radius 1 is 1.14 bits per heavy atom. The predicted octanol–water partition coefficient (Wildman–Crippen LogP) is 2.36. The minimum atomic E-state index is -0.356. The van der Waals surface area contributed by atoms with Crippen molar-refractivity contribution in [3.05, 3.63) is 29.8 Å². The molecule has 120 valence electrons. The van der Waals surface area contributed by atoms with Crippen LogP contribution in [0.4, 0.5) is 0 Å². The zero-order valence-corrected chi connectivity index (χ0v) is 13.1. The van der Waals surface area contributed by atoms with Crippen LogP contribution in [0.15, 0.2) is 24.3 Å². The van der Waals surface area contributed by atoms with Crippen LogP contribution in [-0.4, -0.2) is 18.4 Å². The summed E-state index contributed by atoms with van der Waals surface area (Å²) in [5.41, 5.74) is 5.91. The highest BCUT2D eigenvalue weighted by Gasteiger charge is 2.18. The highest BCUT2D eigenvalue weighted by molar-refractivity contribution is 5.82. The van der Waals surface area contributed by atoms with Crippen LogP contribution in [0.25, 0.3) is 0 Å². The van der Waals surface area contributed by atoms with Crippen LogP contribution in [-0.2, 0) is 16.0 Å². The Morgan fingerprint density at radius 3 is 2.55 bits per heavy atom. The molecule has 0 heterocycles. The van der Waals surface area contributed by atoms with Crippen LogP contribution in [0.3, 0.4) is 0 Å². The number of para-hydroxylation sites is 1. The lowest BCUT2D eigenvalue weighted by molar-refractivity contribution is -0.130. The lowest BCUT2D eigenvalue weighted by Crippen LogP contribution is -2.44. The number of nitrogens with one attached hydrogen (secondary N) is 2. The van der Waals surface area contributed by atoms with Crippen molar-refractivity contribution in [2.75, 3.05) is 6.61 Å². The van der Waals surface area contributed by atoms with Gasteiger partial charge in [-0.3, -0.25) is 20.4 Å². The van der Waals surface area contributed by atoms with E-state index < -0.39 is 0 Å².